The highest BCUT2D eigenvalue weighted by molar-refractivity contribution is 5.94. The molecule has 6 nitrogen and oxygen atoms in total. The third-order valence-electron chi connectivity index (χ3n) is 4.60. The molecule has 2 rings (SSSR count). The maximum atomic E-state index is 12.3. The van der Waals surface area contributed by atoms with Gasteiger partial charge in [0.25, 0.3) is 5.91 Å². The predicted octanol–water partition coefficient (Wildman–Crippen LogP) is 2.54. The maximum absolute atomic E-state index is 12.3. The molecular weight excluding hydrogens is 308 g/mol. The van der Waals surface area contributed by atoms with Gasteiger partial charge in [-0.3, -0.25) is 4.79 Å². The lowest BCUT2D eigenvalue weighted by Crippen LogP contribution is -2.51. The average Bonchev–Trinajstić information content (AvgIpc) is 2.61. The number of carbonyl (C=O) groups excluding carboxylic acids is 2. The average molecular weight is 330 g/mol. The topological polar surface area (TPSA) is 90.6 Å². The zero-order chi connectivity index (χ0) is 17.7. The number of nitrogens with zero attached hydrogens (tertiary/aromatic N) is 2. The molecular formula is C18H22N2O4. The van der Waals surface area contributed by atoms with Gasteiger partial charge < -0.3 is 14.7 Å². The third-order valence-corrected chi connectivity index (χ3v) is 4.60. The Hall–Kier alpha value is -2.55. The molecule has 1 saturated carbocycles. The van der Waals surface area contributed by atoms with Crippen molar-refractivity contribution in [2.75, 3.05) is 13.7 Å². The molecule has 6 heteroatoms. The Balaban J connectivity index is 2.00. The van der Waals surface area contributed by atoms with Gasteiger partial charge in [0.1, 0.15) is 16.9 Å². The van der Waals surface area contributed by atoms with Crippen molar-refractivity contribution in [2.45, 2.75) is 44.6 Å². The molecule has 1 aromatic rings. The first-order valence-electron chi connectivity index (χ1n) is 8.04. The SMILES string of the molecule is Cc1ccc(O)c(C(=O)OCC(=O)N(C)C2(C#N)CCCCC2)c1. The van der Waals surface area contributed by atoms with Crippen molar-refractivity contribution in [1.29, 1.82) is 5.26 Å². The molecule has 1 aromatic carbocycles. The summed E-state index contributed by atoms with van der Waals surface area (Å²) in [5.41, 5.74) is 0.0136. The Morgan fingerprint density at radius 2 is 2.00 bits per heavy atom. The van der Waals surface area contributed by atoms with E-state index >= 15 is 0 Å². The fraction of sp³-hybridized carbons (Fsp3) is 0.500. The minimum absolute atomic E-state index is 0.0260. The van der Waals surface area contributed by atoms with E-state index in [4.69, 9.17) is 4.74 Å². The lowest BCUT2D eigenvalue weighted by atomic mass is 9.81. The van der Waals surface area contributed by atoms with E-state index < -0.39 is 24.0 Å². The third kappa shape index (κ3) is 3.67. The van der Waals surface area contributed by atoms with Crippen LogP contribution in [0.25, 0.3) is 0 Å². The number of nitriles is 1. The molecule has 128 valence electrons. The molecule has 0 aliphatic heterocycles. The minimum atomic E-state index is -0.812. The van der Waals surface area contributed by atoms with Gasteiger partial charge in [-0.15, -0.1) is 0 Å². The summed E-state index contributed by atoms with van der Waals surface area (Å²) in [6.07, 6.45) is 4.15. The van der Waals surface area contributed by atoms with Gasteiger partial charge in [0.05, 0.1) is 6.07 Å². The largest absolute Gasteiger partial charge is 0.507 e. The Labute approximate surface area is 141 Å². The first kappa shape index (κ1) is 17.8. The molecule has 1 aliphatic rings. The van der Waals surface area contributed by atoms with Crippen LogP contribution in [0.4, 0.5) is 0 Å². The van der Waals surface area contributed by atoms with Crippen LogP contribution in [0.5, 0.6) is 5.75 Å². The fourth-order valence-corrected chi connectivity index (χ4v) is 3.01. The van der Waals surface area contributed by atoms with Crippen molar-refractivity contribution >= 4 is 11.9 Å². The summed E-state index contributed by atoms with van der Waals surface area (Å²) in [5.74, 6) is -1.36. The van der Waals surface area contributed by atoms with E-state index in [0.717, 1.165) is 24.8 Å². The van der Waals surface area contributed by atoms with Gasteiger partial charge in [-0.05, 0) is 31.9 Å². The van der Waals surface area contributed by atoms with Crippen molar-refractivity contribution in [1.82, 2.24) is 4.90 Å². The monoisotopic (exact) mass is 330 g/mol. The first-order valence-corrected chi connectivity index (χ1v) is 8.04. The van der Waals surface area contributed by atoms with E-state index in [0.29, 0.717) is 12.8 Å². The highest BCUT2D eigenvalue weighted by atomic mass is 16.5. The van der Waals surface area contributed by atoms with Crippen LogP contribution in [0.3, 0.4) is 0 Å². The van der Waals surface area contributed by atoms with Gasteiger partial charge in [-0.25, -0.2) is 4.79 Å². The zero-order valence-electron chi connectivity index (χ0n) is 14.0. The number of amides is 1. The molecule has 0 radical (unpaired) electrons. The quantitative estimate of drug-likeness (QED) is 0.857. The minimum Gasteiger partial charge on any atom is -0.507 e. The van der Waals surface area contributed by atoms with Gasteiger partial charge in [-0.1, -0.05) is 30.9 Å². The number of ether oxygens (including phenoxy) is 1. The molecule has 0 unspecified atom stereocenters. The van der Waals surface area contributed by atoms with Crippen LogP contribution >= 0.6 is 0 Å². The van der Waals surface area contributed by atoms with Crippen molar-refractivity contribution in [3.8, 4) is 11.8 Å². The summed E-state index contributed by atoms with van der Waals surface area (Å²) in [5, 5.41) is 19.2. The molecule has 24 heavy (non-hydrogen) atoms. The number of hydrogen-bond acceptors (Lipinski definition) is 5. The molecule has 0 saturated heterocycles. The van der Waals surface area contributed by atoms with E-state index in [1.54, 1.807) is 20.0 Å². The number of rotatable bonds is 4. The van der Waals surface area contributed by atoms with Crippen LogP contribution in [0.1, 0.15) is 48.0 Å². The van der Waals surface area contributed by atoms with Crippen LogP contribution < -0.4 is 0 Å². The number of esters is 1. The summed E-state index contributed by atoms with van der Waals surface area (Å²) < 4.78 is 5.03. The second-order valence-electron chi connectivity index (χ2n) is 6.25. The van der Waals surface area contributed by atoms with Crippen molar-refractivity contribution in [3.05, 3.63) is 29.3 Å². The second kappa shape index (κ2) is 7.35. The summed E-state index contributed by atoms with van der Waals surface area (Å²) in [7, 11) is 1.58. The molecule has 0 spiro atoms. The molecule has 1 N–H and O–H groups in total. The van der Waals surface area contributed by atoms with E-state index in [-0.39, 0.29) is 11.3 Å². The Kier molecular flexibility index (Phi) is 5.45. The molecule has 1 amide bonds. The smallest absolute Gasteiger partial charge is 0.342 e. The summed E-state index contributed by atoms with van der Waals surface area (Å²) >= 11 is 0. The second-order valence-corrected chi connectivity index (χ2v) is 6.25. The van der Waals surface area contributed by atoms with Gasteiger partial charge in [0.15, 0.2) is 6.61 Å². The van der Waals surface area contributed by atoms with Crippen LogP contribution in [-0.2, 0) is 9.53 Å². The molecule has 0 heterocycles. The summed E-state index contributed by atoms with van der Waals surface area (Å²) in [6, 6.07) is 6.84. The normalized spacial score (nSPS) is 16.0. The Bertz CT molecular complexity index is 672. The number of likely N-dealkylation sites (N-methyl/N-ethyl adjacent to an activating group) is 1. The molecule has 0 aromatic heterocycles. The lowest BCUT2D eigenvalue weighted by molar-refractivity contribution is -0.138. The van der Waals surface area contributed by atoms with Gasteiger partial charge in [0.2, 0.25) is 0 Å². The fourth-order valence-electron chi connectivity index (χ4n) is 3.01. The number of phenolic OH excluding ortho intramolecular Hbond substituents is 1. The highest BCUT2D eigenvalue weighted by Crippen LogP contribution is 2.32. The maximum Gasteiger partial charge on any atom is 0.342 e. The van der Waals surface area contributed by atoms with Crippen molar-refractivity contribution in [2.24, 2.45) is 0 Å². The summed E-state index contributed by atoms with van der Waals surface area (Å²) in [6.45, 7) is 1.33. The number of benzene rings is 1. The Morgan fingerprint density at radius 1 is 1.33 bits per heavy atom. The van der Waals surface area contributed by atoms with E-state index in [2.05, 4.69) is 6.07 Å². The number of hydrogen-bond donors (Lipinski definition) is 1. The number of carbonyl (C=O) groups is 2. The van der Waals surface area contributed by atoms with E-state index in [1.807, 2.05) is 0 Å². The first-order chi connectivity index (χ1) is 11.4. The number of aromatic hydroxyl groups is 1. The van der Waals surface area contributed by atoms with Crippen LogP contribution in [0.2, 0.25) is 0 Å². The van der Waals surface area contributed by atoms with Crippen LogP contribution in [-0.4, -0.2) is 41.1 Å². The number of aryl methyl sites for hydroxylation is 1. The molecule has 0 atom stereocenters. The van der Waals surface area contributed by atoms with Gasteiger partial charge in [0, 0.05) is 7.05 Å². The Morgan fingerprint density at radius 3 is 2.62 bits per heavy atom. The molecule has 1 aliphatic carbocycles. The van der Waals surface area contributed by atoms with Crippen molar-refractivity contribution in [3.63, 3.8) is 0 Å². The summed E-state index contributed by atoms with van der Waals surface area (Å²) in [4.78, 5) is 25.8. The van der Waals surface area contributed by atoms with Crippen LogP contribution in [0, 0.1) is 18.3 Å². The van der Waals surface area contributed by atoms with Crippen molar-refractivity contribution < 1.29 is 19.4 Å². The lowest BCUT2D eigenvalue weighted by Gasteiger charge is -2.38. The van der Waals surface area contributed by atoms with Gasteiger partial charge >= 0.3 is 5.97 Å². The molecule has 1 fully saturated rings. The van der Waals surface area contributed by atoms with E-state index in [1.165, 1.54) is 17.0 Å². The molecule has 0 bridgehead atoms. The van der Waals surface area contributed by atoms with Gasteiger partial charge in [-0.2, -0.15) is 5.26 Å². The highest BCUT2D eigenvalue weighted by Gasteiger charge is 2.39. The standard InChI is InChI=1S/C18H22N2O4/c1-13-6-7-15(21)14(10-13)17(23)24-11-16(22)20(2)18(12-19)8-4-3-5-9-18/h6-7,10,21H,3-5,8-9,11H2,1-2H3. The number of phenols is 1. The zero-order valence-corrected chi connectivity index (χ0v) is 14.0. The van der Waals surface area contributed by atoms with E-state index in [9.17, 15) is 20.0 Å². The van der Waals surface area contributed by atoms with Crippen LogP contribution in [0.15, 0.2) is 18.2 Å². The predicted molar refractivity (Wildman–Crippen MR) is 87.3 cm³/mol.